The molecule has 0 saturated heterocycles. The highest BCUT2D eigenvalue weighted by Crippen LogP contribution is 2.30. The summed E-state index contributed by atoms with van der Waals surface area (Å²) >= 11 is 2.48. The molecule has 160 valence electrons. The Morgan fingerprint density at radius 3 is 2.31 bits per heavy atom. The lowest BCUT2D eigenvalue weighted by Gasteiger charge is -2.04. The largest absolute Gasteiger partial charge is 0.298 e. The van der Waals surface area contributed by atoms with Gasteiger partial charge in [0.25, 0.3) is 15.9 Å². The summed E-state index contributed by atoms with van der Waals surface area (Å²) in [7, 11) is -3.91. The van der Waals surface area contributed by atoms with Crippen LogP contribution in [0.25, 0.3) is 20.4 Å². The zero-order valence-electron chi connectivity index (χ0n) is 16.1. The number of carbonyl (C=O) groups is 1. The van der Waals surface area contributed by atoms with Crippen LogP contribution >= 0.6 is 22.7 Å². The lowest BCUT2D eigenvalue weighted by Crippen LogP contribution is -2.12. The third-order valence-electron chi connectivity index (χ3n) is 4.51. The van der Waals surface area contributed by atoms with Crippen LogP contribution in [0.5, 0.6) is 0 Å². The van der Waals surface area contributed by atoms with Gasteiger partial charge in [0, 0.05) is 5.56 Å². The van der Waals surface area contributed by atoms with Gasteiger partial charge in [-0.15, -0.1) is 0 Å². The van der Waals surface area contributed by atoms with Gasteiger partial charge in [-0.05, 0) is 54.6 Å². The smallest absolute Gasteiger partial charge is 0.263 e. The average Bonchev–Trinajstić information content (AvgIpc) is 3.35. The Hall–Kier alpha value is -3.41. The first-order valence-electron chi connectivity index (χ1n) is 9.23. The Labute approximate surface area is 189 Å². The van der Waals surface area contributed by atoms with E-state index in [9.17, 15) is 17.6 Å². The van der Waals surface area contributed by atoms with Crippen molar-refractivity contribution in [3.63, 3.8) is 0 Å². The first-order chi connectivity index (χ1) is 15.4. The molecule has 5 rings (SSSR count). The van der Waals surface area contributed by atoms with Gasteiger partial charge in [-0.1, -0.05) is 34.8 Å². The molecule has 0 aliphatic carbocycles. The van der Waals surface area contributed by atoms with Gasteiger partial charge in [0.2, 0.25) is 0 Å². The Bertz CT molecular complexity index is 1540. The average molecular weight is 485 g/mol. The minimum atomic E-state index is -3.91. The van der Waals surface area contributed by atoms with Crippen molar-refractivity contribution in [2.45, 2.75) is 4.90 Å². The summed E-state index contributed by atoms with van der Waals surface area (Å²) in [5.41, 5.74) is 1.75. The molecule has 0 fully saturated rings. The van der Waals surface area contributed by atoms with Gasteiger partial charge in [-0.25, -0.2) is 22.8 Å². The molecule has 5 aromatic rings. The molecule has 0 atom stereocenters. The summed E-state index contributed by atoms with van der Waals surface area (Å²) < 4.78 is 42.1. The number of benzene rings is 3. The van der Waals surface area contributed by atoms with Crippen molar-refractivity contribution >= 4 is 69.3 Å². The number of nitrogens with zero attached hydrogens (tertiary/aromatic N) is 2. The van der Waals surface area contributed by atoms with Crippen LogP contribution in [0.3, 0.4) is 0 Å². The standard InChI is InChI=1S/C21H13FN4O3S3/c22-13-6-8-14(9-7-13)32(28,29)26-21-24-16-10-5-12(11-18(16)31-21)19(27)25-20-23-15-3-1-2-4-17(15)30-20/h1-11H,(H,24,26)(H,23,25,27). The Morgan fingerprint density at radius 2 is 1.53 bits per heavy atom. The van der Waals surface area contributed by atoms with Crippen molar-refractivity contribution in [3.05, 3.63) is 78.1 Å². The van der Waals surface area contributed by atoms with Crippen molar-refractivity contribution in [1.29, 1.82) is 0 Å². The summed E-state index contributed by atoms with van der Waals surface area (Å²) in [5, 5.41) is 3.43. The predicted molar refractivity (Wildman–Crippen MR) is 124 cm³/mol. The highest BCUT2D eigenvalue weighted by atomic mass is 32.2. The number of rotatable bonds is 5. The second-order valence-electron chi connectivity index (χ2n) is 6.70. The summed E-state index contributed by atoms with van der Waals surface area (Å²) in [5.74, 6) is -0.853. The molecular weight excluding hydrogens is 471 g/mol. The minimum absolute atomic E-state index is 0.0749. The lowest BCUT2D eigenvalue weighted by molar-refractivity contribution is 0.102. The molecule has 3 aromatic carbocycles. The fourth-order valence-electron chi connectivity index (χ4n) is 2.99. The maximum Gasteiger partial charge on any atom is 0.263 e. The van der Waals surface area contributed by atoms with Crippen molar-refractivity contribution in [1.82, 2.24) is 9.97 Å². The summed E-state index contributed by atoms with van der Waals surface area (Å²) in [6.45, 7) is 0. The summed E-state index contributed by atoms with van der Waals surface area (Å²) in [4.78, 5) is 21.3. The molecular formula is C21H13FN4O3S3. The number of carbonyl (C=O) groups excluding carboxylic acids is 1. The summed E-state index contributed by atoms with van der Waals surface area (Å²) in [6.07, 6.45) is 0. The van der Waals surface area contributed by atoms with E-state index in [1.807, 2.05) is 24.3 Å². The molecule has 0 aliphatic heterocycles. The van der Waals surface area contributed by atoms with E-state index in [1.165, 1.54) is 23.5 Å². The number of thiazole rings is 2. The highest BCUT2D eigenvalue weighted by Gasteiger charge is 2.18. The molecule has 2 aromatic heterocycles. The summed E-state index contributed by atoms with van der Waals surface area (Å²) in [6, 6.07) is 17.0. The normalized spacial score (nSPS) is 11.7. The quantitative estimate of drug-likeness (QED) is 0.362. The van der Waals surface area contributed by atoms with Gasteiger partial charge >= 0.3 is 0 Å². The van der Waals surface area contributed by atoms with E-state index in [0.29, 0.717) is 20.9 Å². The fourth-order valence-corrected chi connectivity index (χ4v) is 5.99. The Kier molecular flexibility index (Phi) is 5.08. The zero-order valence-corrected chi connectivity index (χ0v) is 18.5. The predicted octanol–water partition coefficient (Wildman–Crippen LogP) is 5.10. The van der Waals surface area contributed by atoms with Crippen LogP contribution in [-0.4, -0.2) is 24.3 Å². The van der Waals surface area contributed by atoms with Crippen LogP contribution in [0.4, 0.5) is 14.7 Å². The zero-order chi connectivity index (χ0) is 22.3. The monoisotopic (exact) mass is 484 g/mol. The minimum Gasteiger partial charge on any atom is -0.298 e. The van der Waals surface area contributed by atoms with Crippen LogP contribution in [-0.2, 0) is 10.0 Å². The third-order valence-corrected chi connectivity index (χ3v) is 7.88. The van der Waals surface area contributed by atoms with Crippen molar-refractivity contribution in [2.24, 2.45) is 0 Å². The van der Waals surface area contributed by atoms with Crippen LogP contribution in [0.15, 0.2) is 71.6 Å². The van der Waals surface area contributed by atoms with Gasteiger partial charge < -0.3 is 0 Å². The van der Waals surface area contributed by atoms with Crippen molar-refractivity contribution in [2.75, 3.05) is 10.0 Å². The molecule has 32 heavy (non-hydrogen) atoms. The van der Waals surface area contributed by atoms with Crippen LogP contribution < -0.4 is 10.0 Å². The molecule has 2 heterocycles. The fraction of sp³-hybridized carbons (Fsp3) is 0. The van der Waals surface area contributed by atoms with Crippen LogP contribution in [0.2, 0.25) is 0 Å². The first-order valence-corrected chi connectivity index (χ1v) is 12.3. The van der Waals surface area contributed by atoms with E-state index < -0.39 is 15.8 Å². The molecule has 11 heteroatoms. The molecule has 0 aliphatic rings. The second-order valence-corrected chi connectivity index (χ2v) is 10.4. The number of sulfonamides is 1. The first kappa shape index (κ1) is 20.5. The van der Waals surface area contributed by atoms with Gasteiger partial charge in [0.05, 0.1) is 25.3 Å². The third kappa shape index (κ3) is 4.05. The topological polar surface area (TPSA) is 101 Å². The van der Waals surface area contributed by atoms with Gasteiger partial charge in [0.15, 0.2) is 10.3 Å². The number of anilines is 2. The van der Waals surface area contributed by atoms with Gasteiger partial charge in [-0.3, -0.25) is 14.8 Å². The molecule has 7 nitrogen and oxygen atoms in total. The molecule has 0 unspecified atom stereocenters. The number of halogens is 1. The van der Waals surface area contributed by atoms with Gasteiger partial charge in [0.1, 0.15) is 5.82 Å². The molecule has 2 N–H and O–H groups in total. The second kappa shape index (κ2) is 7.93. The Balaban J connectivity index is 1.37. The number of nitrogens with one attached hydrogen (secondary N) is 2. The van der Waals surface area contributed by atoms with Crippen LogP contribution in [0.1, 0.15) is 10.4 Å². The maximum atomic E-state index is 13.1. The number of amides is 1. The molecule has 0 radical (unpaired) electrons. The molecule has 0 saturated carbocycles. The number of hydrogen-bond donors (Lipinski definition) is 2. The molecule has 1 amide bonds. The van der Waals surface area contributed by atoms with E-state index in [4.69, 9.17) is 0 Å². The van der Waals surface area contributed by atoms with Crippen molar-refractivity contribution in [3.8, 4) is 0 Å². The van der Waals surface area contributed by atoms with E-state index in [-0.39, 0.29) is 15.9 Å². The number of fused-ring (bicyclic) bond motifs is 2. The number of hydrogen-bond acceptors (Lipinski definition) is 7. The van der Waals surface area contributed by atoms with Gasteiger partial charge in [-0.2, -0.15) is 0 Å². The molecule has 0 bridgehead atoms. The maximum absolute atomic E-state index is 13.1. The highest BCUT2D eigenvalue weighted by molar-refractivity contribution is 7.93. The number of aromatic nitrogens is 2. The lowest BCUT2D eigenvalue weighted by atomic mass is 10.2. The van der Waals surface area contributed by atoms with E-state index >= 15 is 0 Å². The Morgan fingerprint density at radius 1 is 0.844 bits per heavy atom. The molecule has 0 spiro atoms. The van der Waals surface area contributed by atoms with E-state index in [1.54, 1.807) is 18.2 Å². The van der Waals surface area contributed by atoms with E-state index in [0.717, 1.165) is 33.7 Å². The SMILES string of the molecule is O=C(Nc1nc2ccccc2s1)c1ccc2nc(NS(=O)(=O)c3ccc(F)cc3)sc2c1. The number of para-hydroxylation sites is 1. The van der Waals surface area contributed by atoms with E-state index in [2.05, 4.69) is 20.0 Å². The van der Waals surface area contributed by atoms with Crippen LogP contribution in [0, 0.1) is 5.82 Å². The van der Waals surface area contributed by atoms with Crippen molar-refractivity contribution < 1.29 is 17.6 Å².